The fraction of sp³-hybridized carbons (Fsp3) is 0. The van der Waals surface area contributed by atoms with Crippen LogP contribution in [-0.2, 0) is 0 Å². The van der Waals surface area contributed by atoms with Crippen LogP contribution in [0.25, 0.3) is 0 Å². The van der Waals surface area contributed by atoms with Gasteiger partial charge in [-0.15, -0.1) is 0 Å². The molecular formula is C6H3AsCl2. The second-order valence-corrected chi connectivity index (χ2v) is 3.37. The van der Waals surface area contributed by atoms with Gasteiger partial charge in [-0.1, -0.05) is 0 Å². The summed E-state index contributed by atoms with van der Waals surface area (Å²) in [5, 5.41) is 1.23. The van der Waals surface area contributed by atoms with Gasteiger partial charge < -0.3 is 0 Å². The molecule has 0 aliphatic carbocycles. The second-order valence-electron chi connectivity index (χ2n) is 1.57. The molecule has 0 amide bonds. The van der Waals surface area contributed by atoms with E-state index in [9.17, 15) is 0 Å². The van der Waals surface area contributed by atoms with Crippen LogP contribution >= 0.6 is 23.2 Å². The van der Waals surface area contributed by atoms with Gasteiger partial charge in [0, 0.05) is 0 Å². The van der Waals surface area contributed by atoms with Crippen molar-refractivity contribution in [2.45, 2.75) is 0 Å². The Balaban J connectivity index is 3.25. The molecule has 46 valence electrons. The Hall–Kier alpha value is 0.358. The molecule has 0 saturated heterocycles. The van der Waals surface area contributed by atoms with E-state index in [2.05, 4.69) is 16.9 Å². The Labute approximate surface area is 72.7 Å². The van der Waals surface area contributed by atoms with E-state index in [1.54, 1.807) is 6.07 Å². The molecule has 0 N–H and O–H groups in total. The molecule has 0 spiro atoms. The summed E-state index contributed by atoms with van der Waals surface area (Å²) in [5.74, 6) is 0. The maximum absolute atomic E-state index is 5.73. The topological polar surface area (TPSA) is 0 Å². The second kappa shape index (κ2) is 2.96. The van der Waals surface area contributed by atoms with Crippen LogP contribution in [0, 0.1) is 0 Å². The van der Waals surface area contributed by atoms with Crippen LogP contribution in [0.4, 0.5) is 0 Å². The summed E-state index contributed by atoms with van der Waals surface area (Å²) in [7, 11) is 0. The minimum absolute atomic E-state index is 0.606. The summed E-state index contributed by atoms with van der Waals surface area (Å²) >= 11 is 13.8. The minimum atomic E-state index is 0.606. The molecule has 0 unspecified atom stereocenters. The molecular weight excluding hydrogens is 218 g/mol. The fourth-order valence-electron chi connectivity index (χ4n) is 0.492. The van der Waals surface area contributed by atoms with Crippen molar-refractivity contribution in [3.05, 3.63) is 28.2 Å². The third-order valence-corrected chi connectivity index (χ3v) is 2.82. The average molecular weight is 221 g/mol. The zero-order valence-corrected chi connectivity index (χ0v) is 7.82. The van der Waals surface area contributed by atoms with Crippen LogP contribution in [0.2, 0.25) is 10.0 Å². The first-order chi connectivity index (χ1) is 4.22. The van der Waals surface area contributed by atoms with Crippen molar-refractivity contribution in [3.63, 3.8) is 0 Å². The van der Waals surface area contributed by atoms with E-state index in [4.69, 9.17) is 23.2 Å². The summed E-state index contributed by atoms with van der Waals surface area (Å²) in [6, 6.07) is 5.52. The van der Waals surface area contributed by atoms with Crippen LogP contribution in [0.5, 0.6) is 0 Å². The Morgan fingerprint density at radius 3 is 2.33 bits per heavy atom. The van der Waals surface area contributed by atoms with Crippen LogP contribution in [-0.4, -0.2) is 16.9 Å². The van der Waals surface area contributed by atoms with Crippen LogP contribution in [0.15, 0.2) is 18.2 Å². The number of rotatable bonds is 0. The van der Waals surface area contributed by atoms with E-state index >= 15 is 0 Å². The molecule has 3 heteroatoms. The van der Waals surface area contributed by atoms with Crippen molar-refractivity contribution >= 4 is 44.4 Å². The van der Waals surface area contributed by atoms with Crippen molar-refractivity contribution < 1.29 is 0 Å². The fourth-order valence-corrected chi connectivity index (χ4v) is 1.37. The van der Waals surface area contributed by atoms with Crippen molar-refractivity contribution in [1.29, 1.82) is 0 Å². The third-order valence-electron chi connectivity index (χ3n) is 0.931. The molecule has 0 saturated carbocycles. The van der Waals surface area contributed by atoms with Gasteiger partial charge >= 0.3 is 72.7 Å². The number of benzene rings is 1. The first-order valence-corrected chi connectivity index (χ1v) is 4.04. The van der Waals surface area contributed by atoms with E-state index < -0.39 is 0 Å². The van der Waals surface area contributed by atoms with Gasteiger partial charge in [-0.3, -0.25) is 0 Å². The van der Waals surface area contributed by atoms with E-state index in [0.717, 1.165) is 4.35 Å². The number of hydrogen-bond acceptors (Lipinski definition) is 0. The molecule has 0 nitrogen and oxygen atoms in total. The Morgan fingerprint density at radius 2 is 1.89 bits per heavy atom. The summed E-state index contributed by atoms with van der Waals surface area (Å²) in [5.41, 5.74) is 0. The average Bonchev–Trinajstić information content (AvgIpc) is 1.83. The van der Waals surface area contributed by atoms with Crippen molar-refractivity contribution in [2.24, 2.45) is 0 Å². The molecule has 0 aliphatic rings. The summed E-state index contributed by atoms with van der Waals surface area (Å²) in [6.07, 6.45) is 0. The molecule has 9 heavy (non-hydrogen) atoms. The Kier molecular flexibility index (Phi) is 2.46. The van der Waals surface area contributed by atoms with Gasteiger partial charge in [0.05, 0.1) is 0 Å². The number of hydrogen-bond donors (Lipinski definition) is 0. The molecule has 1 aromatic rings. The zero-order chi connectivity index (χ0) is 6.85. The quantitative estimate of drug-likeness (QED) is 0.585. The Bertz CT molecular complexity index is 202. The molecule has 0 atom stereocenters. The van der Waals surface area contributed by atoms with Gasteiger partial charge in [-0.25, -0.2) is 0 Å². The molecule has 1 aromatic carbocycles. The summed E-state index contributed by atoms with van der Waals surface area (Å²) in [4.78, 5) is 0. The van der Waals surface area contributed by atoms with E-state index in [-0.39, 0.29) is 0 Å². The summed E-state index contributed by atoms with van der Waals surface area (Å²) < 4.78 is 0.955. The van der Waals surface area contributed by atoms with Crippen molar-refractivity contribution in [1.82, 2.24) is 0 Å². The monoisotopic (exact) mass is 220 g/mol. The van der Waals surface area contributed by atoms with Crippen molar-refractivity contribution in [2.75, 3.05) is 0 Å². The predicted molar refractivity (Wildman–Crippen MR) is 41.9 cm³/mol. The van der Waals surface area contributed by atoms with Gasteiger partial charge in [0.15, 0.2) is 0 Å². The van der Waals surface area contributed by atoms with E-state index in [1.807, 2.05) is 12.1 Å². The Morgan fingerprint density at radius 1 is 1.22 bits per heavy atom. The van der Waals surface area contributed by atoms with E-state index in [0.29, 0.717) is 10.0 Å². The first-order valence-electron chi connectivity index (χ1n) is 2.35. The van der Waals surface area contributed by atoms with Crippen LogP contribution in [0.3, 0.4) is 0 Å². The van der Waals surface area contributed by atoms with Crippen molar-refractivity contribution in [3.8, 4) is 0 Å². The SMILES string of the molecule is Clc1cccc([As])c1Cl. The number of halogens is 2. The van der Waals surface area contributed by atoms with Crippen LogP contribution in [0.1, 0.15) is 0 Å². The molecule has 0 heterocycles. The molecule has 1 rings (SSSR count). The predicted octanol–water partition coefficient (Wildman–Crippen LogP) is 1.79. The molecule has 0 fully saturated rings. The zero-order valence-electron chi connectivity index (χ0n) is 4.44. The van der Waals surface area contributed by atoms with E-state index in [1.165, 1.54) is 0 Å². The van der Waals surface area contributed by atoms with Gasteiger partial charge in [0.1, 0.15) is 0 Å². The molecule has 0 aliphatic heterocycles. The van der Waals surface area contributed by atoms with Gasteiger partial charge in [0.25, 0.3) is 0 Å². The third kappa shape index (κ3) is 1.64. The normalized spacial score (nSPS) is 9.67. The first kappa shape index (κ1) is 7.47. The molecule has 2 radical (unpaired) electrons. The van der Waals surface area contributed by atoms with Gasteiger partial charge in [-0.2, -0.15) is 0 Å². The van der Waals surface area contributed by atoms with Gasteiger partial charge in [0.2, 0.25) is 0 Å². The van der Waals surface area contributed by atoms with Crippen LogP contribution < -0.4 is 4.35 Å². The maximum atomic E-state index is 5.73. The summed E-state index contributed by atoms with van der Waals surface area (Å²) in [6.45, 7) is 0. The molecule has 0 aromatic heterocycles. The molecule has 0 bridgehead atoms. The van der Waals surface area contributed by atoms with Gasteiger partial charge in [-0.05, 0) is 0 Å². The standard InChI is InChI=1S/C6H3AsCl2/c7-4-2-1-3-5(8)6(4)9/h1-3H.